The van der Waals surface area contributed by atoms with Gasteiger partial charge in [0.25, 0.3) is 0 Å². The van der Waals surface area contributed by atoms with E-state index in [9.17, 15) is 0 Å². The summed E-state index contributed by atoms with van der Waals surface area (Å²) in [6.45, 7) is 0. The van der Waals surface area contributed by atoms with E-state index >= 15 is 0 Å². The number of hydrogen-bond donors (Lipinski definition) is 0. The van der Waals surface area contributed by atoms with E-state index in [0.717, 1.165) is 35.2 Å². The number of fused-ring (bicyclic) bond motifs is 2. The Kier molecular flexibility index (Phi) is 12.3. The van der Waals surface area contributed by atoms with E-state index in [0.29, 0.717) is 0 Å². The van der Waals surface area contributed by atoms with Gasteiger partial charge in [0.1, 0.15) is 0 Å². The van der Waals surface area contributed by atoms with Crippen molar-refractivity contribution in [2.24, 2.45) is 0 Å². The Morgan fingerprint density at radius 1 is 0.435 bits per heavy atom. The third kappa shape index (κ3) is 8.70. The highest BCUT2D eigenvalue weighted by atomic mass is 32.2. The van der Waals surface area contributed by atoms with Crippen molar-refractivity contribution < 1.29 is 0 Å². The van der Waals surface area contributed by atoms with Gasteiger partial charge in [0, 0.05) is 24.2 Å². The average Bonchev–Trinajstić information content (AvgIpc) is 3.75. The molecule has 0 N–H and O–H groups in total. The monoisotopic (exact) mass is 692 g/mol. The summed E-state index contributed by atoms with van der Waals surface area (Å²) in [4.78, 5) is 9.76. The van der Waals surface area contributed by atoms with Gasteiger partial charge in [-0.3, -0.25) is 0 Å². The van der Waals surface area contributed by atoms with Gasteiger partial charge in [-0.1, -0.05) is 101 Å². The Hall–Kier alpha value is -1.16. The summed E-state index contributed by atoms with van der Waals surface area (Å²) < 4.78 is 10.7. The second-order valence-corrected chi connectivity index (χ2v) is 18.5. The van der Waals surface area contributed by atoms with Gasteiger partial charge in [0.2, 0.25) is 0 Å². The quantitative estimate of drug-likeness (QED) is 0.171. The molecule has 4 nitrogen and oxygen atoms in total. The first-order valence-corrected chi connectivity index (χ1v) is 21.6. The molecule has 0 amide bonds. The molecule has 0 atom stereocenters. The predicted octanol–water partition coefficient (Wildman–Crippen LogP) is 12.5. The number of hydrogen-bond acceptors (Lipinski definition) is 8. The van der Waals surface area contributed by atoms with Crippen molar-refractivity contribution in [3.63, 3.8) is 0 Å². The normalized spacial score (nSPS) is 21.3. The molecule has 2 aromatic carbocycles. The Balaban J connectivity index is 0.000000147. The number of para-hydroxylation sites is 2. The molecule has 4 aromatic rings. The second kappa shape index (κ2) is 17.0. The minimum atomic E-state index is 0.767. The van der Waals surface area contributed by atoms with Crippen molar-refractivity contribution in [3.05, 3.63) is 48.5 Å². The van der Waals surface area contributed by atoms with Crippen LogP contribution in [0.3, 0.4) is 0 Å². The lowest BCUT2D eigenvalue weighted by atomic mass is 9.91. The highest BCUT2D eigenvalue weighted by Crippen LogP contribution is 2.42. The van der Waals surface area contributed by atoms with E-state index in [2.05, 4.69) is 57.1 Å². The molecular formula is C38H52N4S4. The smallest absolute Gasteiger partial charge is 0.166 e. The van der Waals surface area contributed by atoms with Crippen LogP contribution in [0.4, 0.5) is 0 Å². The predicted molar refractivity (Wildman–Crippen MR) is 202 cm³/mol. The molecule has 248 valence electrons. The summed E-state index contributed by atoms with van der Waals surface area (Å²) in [5, 5.41) is 0. The molecule has 8 rings (SSSR count). The molecule has 0 radical (unpaired) electrons. The van der Waals surface area contributed by atoms with Crippen molar-refractivity contribution in [1.29, 1.82) is 0 Å². The van der Waals surface area contributed by atoms with Gasteiger partial charge in [-0.05, 0) is 99.5 Å². The summed E-state index contributed by atoms with van der Waals surface area (Å²) in [5.41, 5.74) is 2.32. The molecule has 4 fully saturated rings. The fraction of sp³-hybridized carbons (Fsp3) is 0.632. The molecule has 0 bridgehead atoms. The minimum Gasteiger partial charge on any atom is -0.238 e. The fourth-order valence-electron chi connectivity index (χ4n) is 8.20. The Labute approximate surface area is 293 Å². The van der Waals surface area contributed by atoms with Crippen LogP contribution in [-0.2, 0) is 0 Å². The van der Waals surface area contributed by atoms with Crippen LogP contribution in [0.15, 0.2) is 57.2 Å². The molecule has 46 heavy (non-hydrogen) atoms. The SMILES string of the molecule is c1ccc2sc(SN(C3CCCCC3)C3CCCCC3)nc2c1.c1ccc2sc(SN(C3CCCCC3)C3CCCCC3)nc2c1. The van der Waals surface area contributed by atoms with E-state index in [-0.39, 0.29) is 0 Å². The third-order valence-electron chi connectivity index (χ3n) is 10.7. The van der Waals surface area contributed by atoms with Crippen LogP contribution in [-0.4, -0.2) is 42.7 Å². The van der Waals surface area contributed by atoms with Crippen LogP contribution in [0, 0.1) is 0 Å². The molecule has 4 aliphatic carbocycles. The first kappa shape index (κ1) is 33.3. The molecule has 4 saturated carbocycles. The van der Waals surface area contributed by atoms with Gasteiger partial charge in [0.15, 0.2) is 8.68 Å². The molecular weight excluding hydrogens is 641 g/mol. The molecule has 4 aliphatic rings. The first-order chi connectivity index (χ1) is 22.8. The number of rotatable bonds is 8. The molecule has 0 aliphatic heterocycles. The van der Waals surface area contributed by atoms with Crippen LogP contribution < -0.4 is 0 Å². The maximum absolute atomic E-state index is 4.88. The summed E-state index contributed by atoms with van der Waals surface area (Å²) in [7, 11) is 0. The Bertz CT molecular complexity index is 1260. The van der Waals surface area contributed by atoms with Gasteiger partial charge >= 0.3 is 0 Å². The summed E-state index contributed by atoms with van der Waals surface area (Å²) in [6, 6.07) is 20.2. The summed E-state index contributed by atoms with van der Waals surface area (Å²) in [6.07, 6.45) is 28.1. The fourth-order valence-corrected chi connectivity index (χ4v) is 13.0. The van der Waals surface area contributed by atoms with Crippen molar-refractivity contribution in [2.45, 2.75) is 161 Å². The highest BCUT2D eigenvalue weighted by molar-refractivity contribution is 7.99. The molecule has 2 heterocycles. The number of nitrogens with zero attached hydrogens (tertiary/aromatic N) is 4. The van der Waals surface area contributed by atoms with Crippen molar-refractivity contribution in [3.8, 4) is 0 Å². The first-order valence-electron chi connectivity index (χ1n) is 18.4. The van der Waals surface area contributed by atoms with Gasteiger partial charge in [0.05, 0.1) is 20.4 Å². The zero-order valence-corrected chi connectivity index (χ0v) is 30.8. The van der Waals surface area contributed by atoms with Crippen LogP contribution in [0.1, 0.15) is 128 Å². The highest BCUT2D eigenvalue weighted by Gasteiger charge is 2.32. The zero-order chi connectivity index (χ0) is 31.0. The van der Waals surface area contributed by atoms with E-state index in [4.69, 9.17) is 9.97 Å². The van der Waals surface area contributed by atoms with Gasteiger partial charge < -0.3 is 0 Å². The van der Waals surface area contributed by atoms with Gasteiger partial charge in [-0.2, -0.15) is 0 Å². The van der Waals surface area contributed by atoms with E-state index in [1.54, 1.807) is 0 Å². The third-order valence-corrected chi connectivity index (χ3v) is 15.4. The number of thiazole rings is 2. The van der Waals surface area contributed by atoms with E-state index in [1.165, 1.54) is 146 Å². The van der Waals surface area contributed by atoms with Crippen LogP contribution >= 0.6 is 46.6 Å². The van der Waals surface area contributed by atoms with Crippen LogP contribution in [0.25, 0.3) is 20.4 Å². The minimum absolute atomic E-state index is 0.767. The topological polar surface area (TPSA) is 32.3 Å². The summed E-state index contributed by atoms with van der Waals surface area (Å²) >= 11 is 7.66. The summed E-state index contributed by atoms with van der Waals surface area (Å²) in [5.74, 6) is 0. The van der Waals surface area contributed by atoms with E-state index in [1.807, 2.05) is 46.6 Å². The largest absolute Gasteiger partial charge is 0.238 e. The lowest BCUT2D eigenvalue weighted by Gasteiger charge is -2.40. The second-order valence-electron chi connectivity index (χ2n) is 14.0. The van der Waals surface area contributed by atoms with Crippen molar-refractivity contribution in [2.75, 3.05) is 0 Å². The lowest BCUT2D eigenvalue weighted by molar-refractivity contribution is 0.184. The standard InChI is InChI=1S/2C19H26N2S2/c2*1-3-9-15(10-4-1)21(16-11-5-2-6-12-16)23-19-20-17-13-7-8-14-18(17)22-19/h2*7-8,13-16H,1-6,9-12H2. The van der Waals surface area contributed by atoms with Crippen molar-refractivity contribution in [1.82, 2.24) is 18.6 Å². The molecule has 2 aromatic heterocycles. The molecule has 0 unspecified atom stereocenters. The number of benzene rings is 2. The van der Waals surface area contributed by atoms with Crippen LogP contribution in [0.5, 0.6) is 0 Å². The zero-order valence-electron chi connectivity index (χ0n) is 27.5. The maximum Gasteiger partial charge on any atom is 0.166 e. The Morgan fingerprint density at radius 3 is 1.04 bits per heavy atom. The van der Waals surface area contributed by atoms with Gasteiger partial charge in [-0.15, -0.1) is 22.7 Å². The van der Waals surface area contributed by atoms with Crippen molar-refractivity contribution >= 4 is 67.0 Å². The van der Waals surface area contributed by atoms with Crippen LogP contribution in [0.2, 0.25) is 0 Å². The average molecular weight is 693 g/mol. The molecule has 0 saturated heterocycles. The van der Waals surface area contributed by atoms with Gasteiger partial charge in [-0.25, -0.2) is 18.6 Å². The number of aromatic nitrogens is 2. The molecule has 0 spiro atoms. The maximum atomic E-state index is 4.88. The van der Waals surface area contributed by atoms with E-state index < -0.39 is 0 Å². The lowest BCUT2D eigenvalue weighted by Crippen LogP contribution is -2.40. The Morgan fingerprint density at radius 2 is 0.739 bits per heavy atom. The molecule has 8 heteroatoms.